The molecule has 0 saturated heterocycles. The van der Waals surface area contributed by atoms with Gasteiger partial charge in [0.25, 0.3) is 0 Å². The van der Waals surface area contributed by atoms with Gasteiger partial charge in [-0.25, -0.2) is 0 Å². The highest BCUT2D eigenvalue weighted by molar-refractivity contribution is 5.87. The van der Waals surface area contributed by atoms with Gasteiger partial charge in [-0.15, -0.1) is 0 Å². The Balaban J connectivity index is 0.000000436. The van der Waals surface area contributed by atoms with E-state index in [0.717, 1.165) is 0 Å². The highest BCUT2D eigenvalue weighted by Crippen LogP contribution is 2.08. The van der Waals surface area contributed by atoms with Crippen LogP contribution in [0.1, 0.15) is 59.5 Å². The topological polar surface area (TPSA) is 136 Å². The summed E-state index contributed by atoms with van der Waals surface area (Å²) in [6.07, 6.45) is 14.4. The van der Waals surface area contributed by atoms with Crippen molar-refractivity contribution in [2.24, 2.45) is 0 Å². The molecule has 3 rings (SSSR count). The van der Waals surface area contributed by atoms with Gasteiger partial charge in [0.2, 0.25) is 0 Å². The number of nitrogens with zero attached hydrogens (tertiary/aromatic N) is 5. The lowest BCUT2D eigenvalue weighted by Crippen LogP contribution is -2.10. The maximum Gasteiger partial charge on any atom is 0.305 e. The molecule has 2 unspecified atom stereocenters. The summed E-state index contributed by atoms with van der Waals surface area (Å²) in [4.78, 5) is 30.9. The molecular weight excluding hydrogens is 424 g/mol. The van der Waals surface area contributed by atoms with Crippen molar-refractivity contribution in [3.63, 3.8) is 0 Å². The average Bonchev–Trinajstić information content (AvgIpc) is 3.54. The number of carboxylic acids is 1. The number of aromatic nitrogens is 6. The van der Waals surface area contributed by atoms with Crippen LogP contribution in [-0.2, 0) is 14.4 Å². The number of carbonyl (C=O) groups excluding carboxylic acids is 2. The minimum Gasteiger partial charge on any atom is -0.481 e. The van der Waals surface area contributed by atoms with E-state index in [4.69, 9.17) is 5.11 Å². The zero-order valence-electron chi connectivity index (χ0n) is 19.8. The van der Waals surface area contributed by atoms with E-state index in [0.29, 0.717) is 6.42 Å². The van der Waals surface area contributed by atoms with Crippen LogP contribution in [0.5, 0.6) is 0 Å². The van der Waals surface area contributed by atoms with Crippen LogP contribution in [-0.4, -0.2) is 52.4 Å². The Labute approximate surface area is 194 Å². The van der Waals surface area contributed by atoms with Crippen LogP contribution in [0.3, 0.4) is 0 Å². The molecule has 2 atom stereocenters. The van der Waals surface area contributed by atoms with E-state index in [-0.39, 0.29) is 30.1 Å². The van der Waals surface area contributed by atoms with Gasteiger partial charge in [0, 0.05) is 43.6 Å². The lowest BCUT2D eigenvalue weighted by Gasteiger charge is -2.08. The maximum atomic E-state index is 10.7. The van der Waals surface area contributed by atoms with E-state index in [2.05, 4.69) is 20.4 Å². The summed E-state index contributed by atoms with van der Waals surface area (Å²) in [5, 5.41) is 22.6. The third-order valence-electron chi connectivity index (χ3n) is 3.81. The van der Waals surface area contributed by atoms with Gasteiger partial charge in [-0.1, -0.05) is 6.08 Å². The number of rotatable bonds is 7. The Bertz CT molecular complexity index is 834. The Morgan fingerprint density at radius 3 is 1.73 bits per heavy atom. The molecular formula is C23H34N6O4. The molecule has 0 amide bonds. The lowest BCUT2D eigenvalue weighted by molar-refractivity contribution is -0.137. The number of carbonyl (C=O) groups is 3. The van der Waals surface area contributed by atoms with Crippen LogP contribution in [0.15, 0.2) is 67.5 Å². The summed E-state index contributed by atoms with van der Waals surface area (Å²) in [6.45, 7) is 8.75. The molecule has 180 valence electrons. The third-order valence-corrected chi connectivity index (χ3v) is 3.81. The Morgan fingerprint density at radius 1 is 0.939 bits per heavy atom. The molecule has 0 radical (unpaired) electrons. The number of H-pyrrole nitrogens is 1. The number of allylic oxidation sites excluding steroid dienone is 2. The fraction of sp³-hybridized carbons (Fsp3) is 0.391. The molecule has 2 N–H and O–H groups in total. The first-order valence-electron chi connectivity index (χ1n) is 10.4. The molecule has 0 fully saturated rings. The summed E-state index contributed by atoms with van der Waals surface area (Å²) in [7, 11) is 0. The summed E-state index contributed by atoms with van der Waals surface area (Å²) in [5.74, 6) is -0.487. The minimum absolute atomic E-state index is 0.0671. The number of ketones is 2. The first kappa shape index (κ1) is 29.2. The molecule has 0 aliphatic heterocycles. The molecule has 0 saturated carbocycles. The number of Topliss-reactive ketones (excluding diaryl/α,β-unsaturated/α-hetero) is 1. The first-order valence-corrected chi connectivity index (χ1v) is 10.4. The summed E-state index contributed by atoms with van der Waals surface area (Å²) in [6, 6.07) is 5.58. The van der Waals surface area contributed by atoms with E-state index in [9.17, 15) is 14.4 Å². The number of hydrogen-bond acceptors (Lipinski definition) is 6. The van der Waals surface area contributed by atoms with Crippen molar-refractivity contribution in [3.05, 3.63) is 67.5 Å². The van der Waals surface area contributed by atoms with Gasteiger partial charge in [0.1, 0.15) is 5.78 Å². The molecule has 10 heteroatoms. The second-order valence-electron chi connectivity index (χ2n) is 7.05. The highest BCUT2D eigenvalue weighted by atomic mass is 16.4. The van der Waals surface area contributed by atoms with Gasteiger partial charge >= 0.3 is 5.97 Å². The van der Waals surface area contributed by atoms with Crippen LogP contribution >= 0.6 is 0 Å². The smallest absolute Gasteiger partial charge is 0.305 e. The second kappa shape index (κ2) is 17.8. The Hall–Kier alpha value is -3.82. The number of aliphatic carboxylic acids is 1. The van der Waals surface area contributed by atoms with E-state index < -0.39 is 5.97 Å². The maximum absolute atomic E-state index is 10.7. The van der Waals surface area contributed by atoms with E-state index in [1.54, 1.807) is 59.4 Å². The minimum atomic E-state index is -0.798. The largest absolute Gasteiger partial charge is 0.481 e. The SMILES string of the molecule is C/C=C/C(C)=O.CC(=O)CC(C)n1cccn1.CC(CC(=O)O)n1cccn1.c1cn[nH]c1. The lowest BCUT2D eigenvalue weighted by atomic mass is 10.2. The number of aromatic amines is 1. The molecule has 0 bridgehead atoms. The summed E-state index contributed by atoms with van der Waals surface area (Å²) in [5.41, 5.74) is 0. The Morgan fingerprint density at radius 2 is 1.48 bits per heavy atom. The molecule has 0 aliphatic carbocycles. The van der Waals surface area contributed by atoms with Crippen molar-refractivity contribution in [3.8, 4) is 0 Å². The molecule has 0 aromatic carbocycles. The molecule has 3 aromatic rings. The van der Waals surface area contributed by atoms with Gasteiger partial charge in [-0.3, -0.25) is 28.8 Å². The van der Waals surface area contributed by atoms with Crippen molar-refractivity contribution in [1.82, 2.24) is 29.8 Å². The predicted octanol–water partition coefficient (Wildman–Crippen LogP) is 3.90. The average molecular weight is 459 g/mol. The summed E-state index contributed by atoms with van der Waals surface area (Å²) >= 11 is 0. The first-order chi connectivity index (χ1) is 15.7. The van der Waals surface area contributed by atoms with Crippen molar-refractivity contribution in [2.45, 2.75) is 59.5 Å². The van der Waals surface area contributed by atoms with Crippen molar-refractivity contribution in [1.29, 1.82) is 0 Å². The fourth-order valence-corrected chi connectivity index (χ4v) is 2.39. The zero-order valence-corrected chi connectivity index (χ0v) is 19.8. The standard InChI is InChI=1S/C8H12N2O.C7H10N2O2.C5H8O.C3H4N2/c1-7(6-8(2)11)10-5-3-4-9-10;1-6(5-7(10)11)9-4-2-3-8-9;1-3-4-5(2)6;1-2-4-5-3-1/h3-5,7H,6H2,1-2H3;2-4,6H,5H2,1H3,(H,10,11);3-4H,1-2H3;1-3H,(H,4,5)/b;;4-3+;. The van der Waals surface area contributed by atoms with E-state index in [1.165, 1.54) is 13.0 Å². The van der Waals surface area contributed by atoms with Gasteiger partial charge in [-0.2, -0.15) is 15.3 Å². The van der Waals surface area contributed by atoms with Crippen LogP contribution in [0.4, 0.5) is 0 Å². The number of carboxylic acid groups (broad SMARTS) is 1. The molecule has 3 heterocycles. The molecule has 10 nitrogen and oxygen atoms in total. The van der Waals surface area contributed by atoms with Crippen molar-refractivity contribution >= 4 is 17.5 Å². The monoisotopic (exact) mass is 458 g/mol. The van der Waals surface area contributed by atoms with E-state index >= 15 is 0 Å². The second-order valence-corrected chi connectivity index (χ2v) is 7.05. The van der Waals surface area contributed by atoms with E-state index in [1.807, 2.05) is 39.1 Å². The molecule has 33 heavy (non-hydrogen) atoms. The number of nitrogens with one attached hydrogen (secondary N) is 1. The molecule has 0 spiro atoms. The van der Waals surface area contributed by atoms with Gasteiger partial charge in [-0.05, 0) is 58.9 Å². The van der Waals surface area contributed by atoms with Crippen molar-refractivity contribution < 1.29 is 19.5 Å². The normalized spacial score (nSPS) is 11.5. The van der Waals surface area contributed by atoms with Crippen LogP contribution in [0.25, 0.3) is 0 Å². The van der Waals surface area contributed by atoms with Crippen LogP contribution < -0.4 is 0 Å². The highest BCUT2D eigenvalue weighted by Gasteiger charge is 2.08. The predicted molar refractivity (Wildman–Crippen MR) is 126 cm³/mol. The summed E-state index contributed by atoms with van der Waals surface area (Å²) < 4.78 is 3.43. The van der Waals surface area contributed by atoms with Gasteiger partial charge in [0.15, 0.2) is 5.78 Å². The molecule has 0 aliphatic rings. The zero-order chi connectivity index (χ0) is 25.1. The molecule has 3 aromatic heterocycles. The third kappa shape index (κ3) is 16.5. The van der Waals surface area contributed by atoms with Gasteiger partial charge < -0.3 is 5.11 Å². The van der Waals surface area contributed by atoms with Crippen molar-refractivity contribution in [2.75, 3.05) is 0 Å². The Kier molecular flexibility index (Phi) is 15.8. The number of hydrogen-bond donors (Lipinski definition) is 2. The van der Waals surface area contributed by atoms with Crippen LogP contribution in [0.2, 0.25) is 0 Å². The van der Waals surface area contributed by atoms with Gasteiger partial charge in [0.05, 0.1) is 18.5 Å². The van der Waals surface area contributed by atoms with Crippen LogP contribution in [0, 0.1) is 0 Å². The fourth-order valence-electron chi connectivity index (χ4n) is 2.39. The quantitative estimate of drug-likeness (QED) is 0.512.